The second-order valence-electron chi connectivity index (χ2n) is 5.31. The molecule has 0 atom stereocenters. The lowest BCUT2D eigenvalue weighted by molar-refractivity contribution is -0.131. The molecular weight excluding hydrogens is 324 g/mol. The van der Waals surface area contributed by atoms with Crippen molar-refractivity contribution in [2.75, 3.05) is 5.32 Å². The van der Waals surface area contributed by atoms with Crippen LogP contribution < -0.4 is 15.6 Å². The van der Waals surface area contributed by atoms with Gasteiger partial charge in [0.25, 0.3) is 5.56 Å². The van der Waals surface area contributed by atoms with E-state index in [9.17, 15) is 14.4 Å². The second-order valence-corrected chi connectivity index (χ2v) is 5.31. The summed E-state index contributed by atoms with van der Waals surface area (Å²) < 4.78 is 10.8. The molecule has 1 amide bonds. The third-order valence-electron chi connectivity index (χ3n) is 3.31. The molecule has 0 saturated heterocycles. The van der Waals surface area contributed by atoms with E-state index < -0.39 is 11.5 Å². The predicted octanol–water partition coefficient (Wildman–Crippen LogP) is 2.74. The molecule has 25 heavy (non-hydrogen) atoms. The normalized spacial score (nSPS) is 10.5. The van der Waals surface area contributed by atoms with E-state index in [1.807, 2.05) is 0 Å². The van der Waals surface area contributed by atoms with Crippen LogP contribution in [0.3, 0.4) is 0 Å². The Morgan fingerprint density at radius 3 is 2.60 bits per heavy atom. The van der Waals surface area contributed by atoms with Gasteiger partial charge in [-0.1, -0.05) is 12.1 Å². The monoisotopic (exact) mass is 338 g/mol. The number of esters is 1. The van der Waals surface area contributed by atoms with E-state index in [-0.39, 0.29) is 22.9 Å². The highest BCUT2D eigenvalue weighted by atomic mass is 16.5. The van der Waals surface area contributed by atoms with Crippen molar-refractivity contribution in [3.8, 4) is 17.2 Å². The highest BCUT2D eigenvalue weighted by Gasteiger charge is 2.14. The van der Waals surface area contributed by atoms with Crippen LogP contribution in [0.15, 0.2) is 51.7 Å². The molecule has 2 aromatic carbocycles. The van der Waals surface area contributed by atoms with Crippen molar-refractivity contribution in [1.29, 1.82) is 0 Å². The quantitative estimate of drug-likeness (QED) is 0.582. The van der Waals surface area contributed by atoms with Gasteiger partial charge in [0.05, 0.1) is 10.9 Å². The van der Waals surface area contributed by atoms with Crippen molar-refractivity contribution < 1.29 is 18.7 Å². The SMILES string of the molecule is CC(=O)Nc1ccc2oc(-c3ccccc3OC(C)=O)nc(=O)c2c1. The van der Waals surface area contributed by atoms with Crippen LogP contribution in [0.25, 0.3) is 22.4 Å². The summed E-state index contributed by atoms with van der Waals surface area (Å²) in [4.78, 5) is 38.6. The molecular formula is C18H14N2O5. The summed E-state index contributed by atoms with van der Waals surface area (Å²) in [6.07, 6.45) is 0. The molecule has 3 rings (SSSR count). The number of benzene rings is 2. The number of ether oxygens (including phenoxy) is 1. The van der Waals surface area contributed by atoms with Crippen LogP contribution in [0.2, 0.25) is 0 Å². The summed E-state index contributed by atoms with van der Waals surface area (Å²) in [7, 11) is 0. The van der Waals surface area contributed by atoms with Gasteiger partial charge >= 0.3 is 5.97 Å². The highest BCUT2D eigenvalue weighted by Crippen LogP contribution is 2.29. The summed E-state index contributed by atoms with van der Waals surface area (Å²) in [5, 5.41) is 2.83. The zero-order valence-electron chi connectivity index (χ0n) is 13.5. The first-order valence-electron chi connectivity index (χ1n) is 7.44. The van der Waals surface area contributed by atoms with Gasteiger partial charge in [0.1, 0.15) is 11.3 Å². The molecule has 0 aliphatic rings. The molecule has 7 heteroatoms. The largest absolute Gasteiger partial charge is 0.437 e. The predicted molar refractivity (Wildman–Crippen MR) is 91.3 cm³/mol. The average molecular weight is 338 g/mol. The molecule has 0 saturated carbocycles. The summed E-state index contributed by atoms with van der Waals surface area (Å²) in [6.45, 7) is 2.66. The number of hydrogen-bond acceptors (Lipinski definition) is 6. The lowest BCUT2D eigenvalue weighted by Gasteiger charge is -2.08. The van der Waals surface area contributed by atoms with E-state index in [4.69, 9.17) is 9.15 Å². The zero-order chi connectivity index (χ0) is 18.0. The van der Waals surface area contributed by atoms with Gasteiger partial charge < -0.3 is 14.5 Å². The average Bonchev–Trinajstić information content (AvgIpc) is 2.54. The molecule has 0 unspecified atom stereocenters. The second kappa shape index (κ2) is 6.56. The van der Waals surface area contributed by atoms with Crippen molar-refractivity contribution in [3.05, 3.63) is 52.8 Å². The van der Waals surface area contributed by atoms with Crippen molar-refractivity contribution in [1.82, 2.24) is 4.98 Å². The van der Waals surface area contributed by atoms with E-state index in [1.165, 1.54) is 19.9 Å². The van der Waals surface area contributed by atoms with E-state index in [2.05, 4.69) is 10.3 Å². The number of aromatic nitrogens is 1. The van der Waals surface area contributed by atoms with E-state index >= 15 is 0 Å². The standard InChI is InChI=1S/C18H14N2O5/c1-10(21)19-12-7-8-16-14(9-12)17(23)20-18(25-16)13-5-3-4-6-15(13)24-11(2)22/h3-9H,1-2H3,(H,19,21). The first-order valence-corrected chi connectivity index (χ1v) is 7.44. The first-order chi connectivity index (χ1) is 11.9. The number of amides is 1. The Morgan fingerprint density at radius 2 is 1.88 bits per heavy atom. The fourth-order valence-corrected chi connectivity index (χ4v) is 2.35. The molecule has 1 aromatic heterocycles. The topological polar surface area (TPSA) is 98.5 Å². The number of carbonyl (C=O) groups excluding carboxylic acids is 2. The van der Waals surface area contributed by atoms with Crippen molar-refractivity contribution in [3.63, 3.8) is 0 Å². The molecule has 0 aliphatic carbocycles. The molecule has 0 radical (unpaired) electrons. The summed E-state index contributed by atoms with van der Waals surface area (Å²) in [5.74, 6) is -0.444. The maximum atomic E-state index is 12.4. The maximum absolute atomic E-state index is 12.4. The maximum Gasteiger partial charge on any atom is 0.308 e. The van der Waals surface area contributed by atoms with Crippen LogP contribution in [-0.4, -0.2) is 16.9 Å². The van der Waals surface area contributed by atoms with Crippen molar-refractivity contribution >= 4 is 28.5 Å². The molecule has 126 valence electrons. The van der Waals surface area contributed by atoms with Gasteiger partial charge in [0.2, 0.25) is 11.8 Å². The van der Waals surface area contributed by atoms with Crippen LogP contribution >= 0.6 is 0 Å². The fraction of sp³-hybridized carbons (Fsp3) is 0.111. The van der Waals surface area contributed by atoms with Gasteiger partial charge in [0, 0.05) is 19.5 Å². The molecule has 0 aliphatic heterocycles. The zero-order valence-corrected chi connectivity index (χ0v) is 13.5. The Balaban J connectivity index is 2.12. The summed E-state index contributed by atoms with van der Waals surface area (Å²) >= 11 is 0. The number of nitrogens with one attached hydrogen (secondary N) is 1. The molecule has 7 nitrogen and oxygen atoms in total. The minimum atomic E-state index is -0.513. The Morgan fingerprint density at radius 1 is 1.12 bits per heavy atom. The number of hydrogen-bond donors (Lipinski definition) is 1. The number of rotatable bonds is 3. The lowest BCUT2D eigenvalue weighted by Crippen LogP contribution is -2.10. The van der Waals surface area contributed by atoms with E-state index in [1.54, 1.807) is 36.4 Å². The molecule has 0 spiro atoms. The Hall–Kier alpha value is -3.48. The van der Waals surface area contributed by atoms with Gasteiger partial charge in [0.15, 0.2) is 0 Å². The number of carbonyl (C=O) groups is 2. The van der Waals surface area contributed by atoms with Gasteiger partial charge in [-0.15, -0.1) is 0 Å². The number of nitrogens with zero attached hydrogens (tertiary/aromatic N) is 1. The molecule has 0 fully saturated rings. The molecule has 3 aromatic rings. The minimum absolute atomic E-state index is 0.0432. The van der Waals surface area contributed by atoms with Crippen LogP contribution in [0, 0.1) is 0 Å². The van der Waals surface area contributed by atoms with E-state index in [0.29, 0.717) is 16.8 Å². The van der Waals surface area contributed by atoms with Crippen LogP contribution in [-0.2, 0) is 9.59 Å². The van der Waals surface area contributed by atoms with Gasteiger partial charge in [-0.2, -0.15) is 4.98 Å². The smallest absolute Gasteiger partial charge is 0.308 e. The van der Waals surface area contributed by atoms with E-state index in [0.717, 1.165) is 0 Å². The lowest BCUT2D eigenvalue weighted by atomic mass is 10.2. The molecule has 1 heterocycles. The molecule has 0 bridgehead atoms. The van der Waals surface area contributed by atoms with Crippen LogP contribution in [0.4, 0.5) is 5.69 Å². The van der Waals surface area contributed by atoms with Crippen molar-refractivity contribution in [2.24, 2.45) is 0 Å². The van der Waals surface area contributed by atoms with Crippen molar-refractivity contribution in [2.45, 2.75) is 13.8 Å². The number of para-hydroxylation sites is 1. The fourth-order valence-electron chi connectivity index (χ4n) is 2.35. The van der Waals surface area contributed by atoms with Gasteiger partial charge in [-0.3, -0.25) is 14.4 Å². The summed E-state index contributed by atoms with van der Waals surface area (Å²) in [5.41, 5.74) is 0.660. The minimum Gasteiger partial charge on any atom is -0.437 e. The number of anilines is 1. The van der Waals surface area contributed by atoms with Gasteiger partial charge in [-0.05, 0) is 30.3 Å². The third-order valence-corrected chi connectivity index (χ3v) is 3.31. The third kappa shape index (κ3) is 3.55. The van der Waals surface area contributed by atoms with Crippen LogP contribution in [0.1, 0.15) is 13.8 Å². The van der Waals surface area contributed by atoms with Crippen LogP contribution in [0.5, 0.6) is 5.75 Å². The Kier molecular flexibility index (Phi) is 4.30. The highest BCUT2D eigenvalue weighted by molar-refractivity contribution is 5.91. The van der Waals surface area contributed by atoms with Gasteiger partial charge in [-0.25, -0.2) is 0 Å². The molecule has 1 N–H and O–H groups in total. The first kappa shape index (κ1) is 16.4. The Bertz CT molecular complexity index is 1040. The summed E-state index contributed by atoms with van der Waals surface area (Å²) in [6, 6.07) is 11.3. The Labute approximate surface area is 142 Å². The number of fused-ring (bicyclic) bond motifs is 1.